The summed E-state index contributed by atoms with van der Waals surface area (Å²) in [5.74, 6) is 0.410. The van der Waals surface area contributed by atoms with Crippen LogP contribution in [0.2, 0.25) is 5.02 Å². The van der Waals surface area contributed by atoms with E-state index in [1.165, 1.54) is 24.1 Å². The average Bonchev–Trinajstić information content (AvgIpc) is 2.63. The molecule has 2 aromatic carbocycles. The minimum absolute atomic E-state index is 0.113. The molecule has 2 amide bonds. The highest BCUT2D eigenvalue weighted by Crippen LogP contribution is 2.20. The van der Waals surface area contributed by atoms with Crippen molar-refractivity contribution in [1.29, 1.82) is 0 Å². The fourth-order valence-electron chi connectivity index (χ4n) is 2.35. The highest BCUT2D eigenvalue weighted by molar-refractivity contribution is 6.30. The predicted molar refractivity (Wildman–Crippen MR) is 100 cm³/mol. The van der Waals surface area contributed by atoms with Gasteiger partial charge in [-0.05, 0) is 30.3 Å². The zero-order valence-corrected chi connectivity index (χ0v) is 14.5. The molecule has 0 saturated heterocycles. The number of carbonyl (C=O) groups is 1. The molecule has 26 heavy (non-hydrogen) atoms. The van der Waals surface area contributed by atoms with Crippen molar-refractivity contribution in [2.75, 3.05) is 17.7 Å². The lowest BCUT2D eigenvalue weighted by Crippen LogP contribution is -2.28. The Morgan fingerprint density at radius 2 is 1.96 bits per heavy atom. The number of carbonyl (C=O) groups excluding carboxylic acids is 1. The summed E-state index contributed by atoms with van der Waals surface area (Å²) in [5.41, 5.74) is 0.551. The van der Waals surface area contributed by atoms with Crippen molar-refractivity contribution in [3.63, 3.8) is 0 Å². The van der Waals surface area contributed by atoms with Crippen LogP contribution in [-0.2, 0) is 0 Å². The van der Waals surface area contributed by atoms with Gasteiger partial charge in [-0.25, -0.2) is 9.78 Å². The highest BCUT2D eigenvalue weighted by atomic mass is 35.5. The van der Waals surface area contributed by atoms with Gasteiger partial charge in [-0.15, -0.1) is 0 Å². The van der Waals surface area contributed by atoms with E-state index in [0.717, 1.165) is 0 Å². The van der Waals surface area contributed by atoms with Crippen molar-refractivity contribution in [3.05, 3.63) is 76.3 Å². The molecule has 1 heterocycles. The van der Waals surface area contributed by atoms with E-state index in [0.29, 0.717) is 22.1 Å². The van der Waals surface area contributed by atoms with Gasteiger partial charge in [-0.1, -0.05) is 29.8 Å². The van der Waals surface area contributed by atoms with E-state index in [-0.39, 0.29) is 5.82 Å². The van der Waals surface area contributed by atoms with Gasteiger partial charge in [0.2, 0.25) is 5.82 Å². The van der Waals surface area contributed by atoms with Crippen LogP contribution in [0.1, 0.15) is 0 Å². The molecule has 0 radical (unpaired) electrons. The Balaban J connectivity index is 1.86. The number of aromatic nitrogens is 2. The van der Waals surface area contributed by atoms with Crippen molar-refractivity contribution in [2.24, 2.45) is 0 Å². The van der Waals surface area contributed by atoms with Gasteiger partial charge in [0.1, 0.15) is 5.75 Å². The lowest BCUT2D eigenvalue weighted by atomic mass is 10.3. The van der Waals surface area contributed by atoms with Crippen LogP contribution in [0, 0.1) is 0 Å². The molecule has 0 saturated carbocycles. The van der Waals surface area contributed by atoms with Crippen LogP contribution >= 0.6 is 11.6 Å². The first kappa shape index (κ1) is 17.5. The van der Waals surface area contributed by atoms with Gasteiger partial charge in [0.05, 0.1) is 12.8 Å². The van der Waals surface area contributed by atoms with E-state index in [1.54, 1.807) is 48.5 Å². The molecule has 0 bridgehead atoms. The maximum atomic E-state index is 12.7. The standard InChI is InChI=1S/C18H15ClN4O3/c1-26-15-8-3-2-7-14(15)23-10-9-20-16(17(23)24)22-18(25)21-13-6-4-5-12(19)11-13/h2-11H,1H3,(H2,20,21,22,25). The summed E-state index contributed by atoms with van der Waals surface area (Å²) in [6.07, 6.45) is 2.92. The smallest absolute Gasteiger partial charge is 0.325 e. The maximum Gasteiger partial charge on any atom is 0.325 e. The summed E-state index contributed by atoms with van der Waals surface area (Å²) in [6.45, 7) is 0. The number of ether oxygens (including phenoxy) is 1. The van der Waals surface area contributed by atoms with Gasteiger partial charge in [0.25, 0.3) is 5.56 Å². The first-order valence-corrected chi connectivity index (χ1v) is 8.01. The topological polar surface area (TPSA) is 85.2 Å². The van der Waals surface area contributed by atoms with Crippen LogP contribution in [0.3, 0.4) is 0 Å². The van der Waals surface area contributed by atoms with E-state index < -0.39 is 11.6 Å². The van der Waals surface area contributed by atoms with Gasteiger partial charge in [-0.2, -0.15) is 0 Å². The van der Waals surface area contributed by atoms with E-state index in [9.17, 15) is 9.59 Å². The SMILES string of the molecule is COc1ccccc1-n1ccnc(NC(=O)Nc2cccc(Cl)c2)c1=O. The van der Waals surface area contributed by atoms with Crippen LogP contribution in [0.5, 0.6) is 5.75 Å². The van der Waals surface area contributed by atoms with Gasteiger partial charge in [0.15, 0.2) is 0 Å². The molecule has 0 fully saturated rings. The number of methoxy groups -OCH3 is 1. The van der Waals surface area contributed by atoms with Crippen LogP contribution in [0.15, 0.2) is 65.7 Å². The number of hydrogen-bond acceptors (Lipinski definition) is 4. The molecule has 0 spiro atoms. The molecule has 3 rings (SSSR count). The van der Waals surface area contributed by atoms with Gasteiger partial charge in [-0.3, -0.25) is 14.7 Å². The van der Waals surface area contributed by atoms with Crippen molar-refractivity contribution in [3.8, 4) is 11.4 Å². The number of anilines is 2. The van der Waals surface area contributed by atoms with Crippen LogP contribution < -0.4 is 20.9 Å². The zero-order chi connectivity index (χ0) is 18.5. The average molecular weight is 371 g/mol. The maximum absolute atomic E-state index is 12.7. The number of halogens is 1. The van der Waals surface area contributed by atoms with Crippen molar-refractivity contribution >= 4 is 29.1 Å². The Morgan fingerprint density at radius 1 is 1.15 bits per heavy atom. The number of nitrogens with one attached hydrogen (secondary N) is 2. The zero-order valence-electron chi connectivity index (χ0n) is 13.8. The van der Waals surface area contributed by atoms with Crippen LogP contribution in [-0.4, -0.2) is 22.7 Å². The van der Waals surface area contributed by atoms with E-state index in [4.69, 9.17) is 16.3 Å². The number of nitrogens with zero attached hydrogens (tertiary/aromatic N) is 2. The Kier molecular flexibility index (Phi) is 5.19. The van der Waals surface area contributed by atoms with Gasteiger partial charge in [0, 0.05) is 23.1 Å². The molecule has 132 valence electrons. The molecular weight excluding hydrogens is 356 g/mol. The third-order valence-corrected chi connectivity index (χ3v) is 3.73. The largest absolute Gasteiger partial charge is 0.495 e. The quantitative estimate of drug-likeness (QED) is 0.735. The second-order valence-corrected chi connectivity index (χ2v) is 5.65. The number of urea groups is 1. The lowest BCUT2D eigenvalue weighted by Gasteiger charge is -2.12. The summed E-state index contributed by atoms with van der Waals surface area (Å²) in [4.78, 5) is 28.7. The fourth-order valence-corrected chi connectivity index (χ4v) is 2.54. The normalized spacial score (nSPS) is 10.2. The molecule has 3 aromatic rings. The minimum atomic E-state index is -0.602. The monoisotopic (exact) mass is 370 g/mol. The molecule has 0 aliphatic carbocycles. The molecule has 8 heteroatoms. The van der Waals surface area contributed by atoms with Crippen molar-refractivity contribution in [1.82, 2.24) is 9.55 Å². The fraction of sp³-hybridized carbons (Fsp3) is 0.0556. The molecule has 0 aliphatic rings. The second-order valence-electron chi connectivity index (χ2n) is 5.21. The molecular formula is C18H15ClN4O3. The third kappa shape index (κ3) is 3.84. The summed E-state index contributed by atoms with van der Waals surface area (Å²) in [7, 11) is 1.52. The summed E-state index contributed by atoms with van der Waals surface area (Å²) in [5, 5.41) is 5.53. The number of hydrogen-bond donors (Lipinski definition) is 2. The lowest BCUT2D eigenvalue weighted by molar-refractivity contribution is 0.262. The number of para-hydroxylation sites is 2. The summed E-state index contributed by atoms with van der Waals surface area (Å²) >= 11 is 5.88. The second kappa shape index (κ2) is 7.71. The number of amides is 2. The predicted octanol–water partition coefficient (Wildman–Crippen LogP) is 3.54. The van der Waals surface area contributed by atoms with Gasteiger partial charge < -0.3 is 10.1 Å². The molecule has 0 aliphatic heterocycles. The Labute approximate surface area is 154 Å². The van der Waals surface area contributed by atoms with E-state index in [2.05, 4.69) is 15.6 Å². The first-order chi connectivity index (χ1) is 12.6. The van der Waals surface area contributed by atoms with Crippen molar-refractivity contribution < 1.29 is 9.53 Å². The summed E-state index contributed by atoms with van der Waals surface area (Å²) < 4.78 is 6.62. The van der Waals surface area contributed by atoms with Gasteiger partial charge >= 0.3 is 6.03 Å². The van der Waals surface area contributed by atoms with E-state index in [1.807, 2.05) is 0 Å². The molecule has 0 atom stereocenters. The Morgan fingerprint density at radius 3 is 2.73 bits per heavy atom. The third-order valence-electron chi connectivity index (χ3n) is 3.50. The number of benzene rings is 2. The summed E-state index contributed by atoms with van der Waals surface area (Å²) in [6, 6.07) is 13.1. The molecule has 1 aromatic heterocycles. The molecule has 0 unspecified atom stereocenters. The minimum Gasteiger partial charge on any atom is -0.495 e. The Bertz CT molecular complexity index is 1000. The first-order valence-electron chi connectivity index (χ1n) is 7.63. The highest BCUT2D eigenvalue weighted by Gasteiger charge is 2.12. The van der Waals surface area contributed by atoms with Crippen molar-refractivity contribution in [2.45, 2.75) is 0 Å². The molecule has 7 nitrogen and oxygen atoms in total. The molecule has 2 N–H and O–H groups in total. The van der Waals surface area contributed by atoms with Crippen LogP contribution in [0.25, 0.3) is 5.69 Å². The van der Waals surface area contributed by atoms with E-state index >= 15 is 0 Å². The Hall–Kier alpha value is -3.32. The van der Waals surface area contributed by atoms with Crippen LogP contribution in [0.4, 0.5) is 16.3 Å². The number of rotatable bonds is 4.